The second-order valence-corrected chi connectivity index (χ2v) is 4.05. The lowest BCUT2D eigenvalue weighted by atomic mass is 10.1. The lowest BCUT2D eigenvalue weighted by molar-refractivity contribution is -0.117. The number of hydrogen-bond donors (Lipinski definition) is 1. The van der Waals surface area contributed by atoms with Crippen LogP contribution in [0.3, 0.4) is 0 Å². The zero-order chi connectivity index (χ0) is 9.84. The molecule has 4 heteroatoms. The lowest BCUT2D eigenvalue weighted by Gasteiger charge is -2.06. The highest BCUT2D eigenvalue weighted by Crippen LogP contribution is 2.18. The number of alkyl halides is 1. The zero-order valence-corrected chi connectivity index (χ0v) is 9.18. The number of nitrogens with two attached hydrogens (primary N) is 1. The molecule has 13 heavy (non-hydrogen) atoms. The summed E-state index contributed by atoms with van der Waals surface area (Å²) in [6.45, 7) is 0. The third kappa shape index (κ3) is 3.01. The van der Waals surface area contributed by atoms with E-state index in [9.17, 15) is 4.79 Å². The highest BCUT2D eigenvalue weighted by molar-refractivity contribution is 9.10. The Morgan fingerprint density at radius 1 is 1.54 bits per heavy atom. The molecule has 0 spiro atoms. The van der Waals surface area contributed by atoms with Gasteiger partial charge < -0.3 is 5.73 Å². The van der Waals surface area contributed by atoms with Crippen LogP contribution >= 0.6 is 27.5 Å². The van der Waals surface area contributed by atoms with Gasteiger partial charge in [0.2, 0.25) is 5.91 Å². The van der Waals surface area contributed by atoms with Crippen LogP contribution in [-0.4, -0.2) is 11.3 Å². The van der Waals surface area contributed by atoms with Gasteiger partial charge in [-0.1, -0.05) is 34.1 Å². The monoisotopic (exact) mass is 261 g/mol. The summed E-state index contributed by atoms with van der Waals surface area (Å²) in [6, 6.07) is 7.61. The molecule has 1 amide bonds. The van der Waals surface area contributed by atoms with Gasteiger partial charge in [0.05, 0.1) is 0 Å². The first-order valence-corrected chi connectivity index (χ1v) is 5.01. The molecule has 0 heterocycles. The average Bonchev–Trinajstić information content (AvgIpc) is 2.08. The number of primary amides is 1. The predicted octanol–water partition coefficient (Wildman–Crippen LogP) is 2.08. The number of carbonyl (C=O) groups is 1. The van der Waals surface area contributed by atoms with Crippen molar-refractivity contribution in [3.05, 3.63) is 34.3 Å². The summed E-state index contributed by atoms with van der Waals surface area (Å²) in [4.78, 5) is 10.7. The van der Waals surface area contributed by atoms with E-state index in [0.717, 1.165) is 10.0 Å². The third-order valence-corrected chi connectivity index (χ3v) is 2.81. The Balaban J connectivity index is 2.74. The first kappa shape index (κ1) is 10.5. The van der Waals surface area contributed by atoms with Crippen LogP contribution in [0.4, 0.5) is 0 Å². The van der Waals surface area contributed by atoms with Gasteiger partial charge in [-0.3, -0.25) is 4.79 Å². The molecule has 1 aromatic rings. The molecule has 0 bridgehead atoms. The van der Waals surface area contributed by atoms with Crippen molar-refractivity contribution in [3.63, 3.8) is 0 Å². The Morgan fingerprint density at radius 3 is 2.69 bits per heavy atom. The molecular formula is C9H9BrClNO. The smallest absolute Gasteiger partial charge is 0.235 e. The van der Waals surface area contributed by atoms with Crippen molar-refractivity contribution < 1.29 is 4.79 Å². The van der Waals surface area contributed by atoms with Gasteiger partial charge in [0.15, 0.2) is 0 Å². The maximum Gasteiger partial charge on any atom is 0.235 e. The fourth-order valence-electron chi connectivity index (χ4n) is 0.958. The molecule has 1 aromatic carbocycles. The molecule has 1 rings (SSSR count). The molecule has 0 fully saturated rings. The molecule has 0 aliphatic heterocycles. The quantitative estimate of drug-likeness (QED) is 0.833. The van der Waals surface area contributed by atoms with Gasteiger partial charge in [-0.15, -0.1) is 11.6 Å². The van der Waals surface area contributed by atoms with Crippen molar-refractivity contribution in [3.8, 4) is 0 Å². The van der Waals surface area contributed by atoms with E-state index in [1.54, 1.807) is 0 Å². The van der Waals surface area contributed by atoms with Crippen LogP contribution in [0.15, 0.2) is 28.7 Å². The van der Waals surface area contributed by atoms with E-state index < -0.39 is 11.3 Å². The topological polar surface area (TPSA) is 43.1 Å². The number of benzene rings is 1. The standard InChI is InChI=1S/C9H9BrClNO/c10-7-4-2-1-3-6(7)5-8(11)9(12)13/h1-4,8H,5H2,(H2,12,13). The summed E-state index contributed by atoms with van der Waals surface area (Å²) in [7, 11) is 0. The molecule has 1 unspecified atom stereocenters. The largest absolute Gasteiger partial charge is 0.368 e. The average molecular weight is 263 g/mol. The Kier molecular flexibility index (Phi) is 3.75. The summed E-state index contributed by atoms with van der Waals surface area (Å²) in [5.74, 6) is -0.489. The molecular weight excluding hydrogens is 253 g/mol. The molecule has 0 aliphatic carbocycles. The normalized spacial score (nSPS) is 12.5. The van der Waals surface area contributed by atoms with E-state index in [-0.39, 0.29) is 0 Å². The molecule has 0 aromatic heterocycles. The van der Waals surface area contributed by atoms with Crippen LogP contribution in [0, 0.1) is 0 Å². The van der Waals surface area contributed by atoms with Crippen molar-refractivity contribution >= 4 is 33.4 Å². The van der Waals surface area contributed by atoms with Crippen molar-refractivity contribution in [2.24, 2.45) is 5.73 Å². The van der Waals surface area contributed by atoms with E-state index in [1.807, 2.05) is 24.3 Å². The Bertz CT molecular complexity index is 316. The second kappa shape index (κ2) is 4.63. The van der Waals surface area contributed by atoms with E-state index in [2.05, 4.69) is 15.9 Å². The molecule has 0 saturated carbocycles. The highest BCUT2D eigenvalue weighted by Gasteiger charge is 2.13. The Morgan fingerprint density at radius 2 is 2.15 bits per heavy atom. The first-order chi connectivity index (χ1) is 6.11. The van der Waals surface area contributed by atoms with E-state index in [1.165, 1.54) is 0 Å². The summed E-state index contributed by atoms with van der Waals surface area (Å²) in [5, 5.41) is -0.640. The van der Waals surface area contributed by atoms with Gasteiger partial charge >= 0.3 is 0 Å². The molecule has 2 nitrogen and oxygen atoms in total. The number of halogens is 2. The first-order valence-electron chi connectivity index (χ1n) is 3.78. The van der Waals surface area contributed by atoms with Crippen LogP contribution in [0.2, 0.25) is 0 Å². The van der Waals surface area contributed by atoms with Gasteiger partial charge in [-0.2, -0.15) is 0 Å². The van der Waals surface area contributed by atoms with Crippen LogP contribution in [0.5, 0.6) is 0 Å². The van der Waals surface area contributed by atoms with Crippen molar-refractivity contribution in [1.82, 2.24) is 0 Å². The summed E-state index contributed by atoms with van der Waals surface area (Å²) < 4.78 is 0.946. The van der Waals surface area contributed by atoms with Crippen LogP contribution in [0.1, 0.15) is 5.56 Å². The third-order valence-electron chi connectivity index (χ3n) is 1.67. The SMILES string of the molecule is NC(=O)C(Cl)Cc1ccccc1Br. The van der Waals surface area contributed by atoms with Gasteiger partial charge in [0.1, 0.15) is 5.38 Å². The molecule has 0 saturated heterocycles. The maximum atomic E-state index is 10.7. The van der Waals surface area contributed by atoms with Gasteiger partial charge in [0.25, 0.3) is 0 Å². The van der Waals surface area contributed by atoms with Gasteiger partial charge in [0, 0.05) is 4.47 Å². The summed E-state index contributed by atoms with van der Waals surface area (Å²) in [6.07, 6.45) is 0.457. The van der Waals surface area contributed by atoms with Crippen molar-refractivity contribution in [1.29, 1.82) is 0 Å². The van der Waals surface area contributed by atoms with Crippen LogP contribution in [-0.2, 0) is 11.2 Å². The number of hydrogen-bond acceptors (Lipinski definition) is 1. The highest BCUT2D eigenvalue weighted by atomic mass is 79.9. The fraction of sp³-hybridized carbons (Fsp3) is 0.222. The minimum Gasteiger partial charge on any atom is -0.368 e. The molecule has 70 valence electrons. The maximum absolute atomic E-state index is 10.7. The minimum atomic E-state index is -0.640. The van der Waals surface area contributed by atoms with E-state index in [0.29, 0.717) is 6.42 Å². The van der Waals surface area contributed by atoms with Crippen molar-refractivity contribution in [2.45, 2.75) is 11.8 Å². The second-order valence-electron chi connectivity index (χ2n) is 2.67. The van der Waals surface area contributed by atoms with E-state index in [4.69, 9.17) is 17.3 Å². The van der Waals surface area contributed by atoms with Gasteiger partial charge in [-0.05, 0) is 18.1 Å². The predicted molar refractivity (Wildman–Crippen MR) is 56.7 cm³/mol. The fourth-order valence-corrected chi connectivity index (χ4v) is 1.57. The number of carbonyl (C=O) groups excluding carboxylic acids is 1. The number of amides is 1. The van der Waals surface area contributed by atoms with Gasteiger partial charge in [-0.25, -0.2) is 0 Å². The summed E-state index contributed by atoms with van der Waals surface area (Å²) >= 11 is 9.09. The Labute approximate surface area is 90.2 Å². The summed E-state index contributed by atoms with van der Waals surface area (Å²) in [5.41, 5.74) is 6.04. The molecule has 0 aliphatic rings. The molecule has 2 N–H and O–H groups in total. The molecule has 1 atom stereocenters. The van der Waals surface area contributed by atoms with E-state index >= 15 is 0 Å². The van der Waals surface area contributed by atoms with Crippen LogP contribution in [0.25, 0.3) is 0 Å². The molecule has 0 radical (unpaired) electrons. The van der Waals surface area contributed by atoms with Crippen LogP contribution < -0.4 is 5.73 Å². The Hall–Kier alpha value is -0.540. The minimum absolute atomic E-state index is 0.457. The zero-order valence-electron chi connectivity index (χ0n) is 6.84. The lowest BCUT2D eigenvalue weighted by Crippen LogP contribution is -2.25. The number of rotatable bonds is 3. The van der Waals surface area contributed by atoms with Crippen molar-refractivity contribution in [2.75, 3.05) is 0 Å².